The maximum atomic E-state index is 13.2. The van der Waals surface area contributed by atoms with Crippen molar-refractivity contribution in [3.05, 3.63) is 23.5 Å². The van der Waals surface area contributed by atoms with E-state index in [4.69, 9.17) is 15.6 Å². The molecule has 0 spiro atoms. The summed E-state index contributed by atoms with van der Waals surface area (Å²) >= 11 is 0. The second-order valence-electron chi connectivity index (χ2n) is 4.04. The van der Waals surface area contributed by atoms with E-state index in [0.29, 0.717) is 13.2 Å². The lowest BCUT2D eigenvalue weighted by Gasteiger charge is -2.13. The monoisotopic (exact) mass is 256 g/mol. The summed E-state index contributed by atoms with van der Waals surface area (Å²) in [4.78, 5) is 11.0. The second-order valence-corrected chi connectivity index (χ2v) is 4.04. The van der Waals surface area contributed by atoms with Gasteiger partial charge in [-0.25, -0.2) is 9.18 Å². The average molecular weight is 256 g/mol. The van der Waals surface area contributed by atoms with Gasteiger partial charge >= 0.3 is 5.97 Å². The zero-order valence-corrected chi connectivity index (χ0v) is 10.4. The van der Waals surface area contributed by atoms with Crippen LogP contribution in [0.25, 0.3) is 0 Å². The Morgan fingerprint density at radius 1 is 1.56 bits per heavy atom. The number of carboxylic acid groups (broad SMARTS) is 1. The molecule has 0 saturated heterocycles. The molecule has 0 atom stereocenters. The van der Waals surface area contributed by atoms with Crippen molar-refractivity contribution < 1.29 is 19.0 Å². The number of benzene rings is 1. The molecule has 1 rings (SSSR count). The van der Waals surface area contributed by atoms with Crippen LogP contribution in [0.5, 0.6) is 0 Å². The smallest absolute Gasteiger partial charge is 0.340 e. The van der Waals surface area contributed by atoms with Gasteiger partial charge in [-0.15, -0.1) is 0 Å². The van der Waals surface area contributed by atoms with E-state index in [1.54, 1.807) is 0 Å². The largest absolute Gasteiger partial charge is 0.478 e. The summed E-state index contributed by atoms with van der Waals surface area (Å²) in [5.74, 6) is -2.00. The van der Waals surface area contributed by atoms with Gasteiger partial charge in [-0.05, 0) is 26.0 Å². The number of anilines is 2. The first kappa shape index (κ1) is 14.2. The van der Waals surface area contributed by atoms with Crippen LogP contribution < -0.4 is 11.1 Å². The van der Waals surface area contributed by atoms with Crippen LogP contribution in [-0.2, 0) is 4.74 Å². The Kier molecular flexibility index (Phi) is 4.91. The van der Waals surface area contributed by atoms with Crippen LogP contribution in [0.1, 0.15) is 24.2 Å². The molecule has 18 heavy (non-hydrogen) atoms. The molecule has 0 fully saturated rings. The van der Waals surface area contributed by atoms with Gasteiger partial charge in [0.1, 0.15) is 11.4 Å². The first-order valence-corrected chi connectivity index (χ1v) is 5.60. The van der Waals surface area contributed by atoms with E-state index >= 15 is 0 Å². The van der Waals surface area contributed by atoms with E-state index in [1.807, 2.05) is 13.8 Å². The second kappa shape index (κ2) is 6.20. The van der Waals surface area contributed by atoms with Gasteiger partial charge in [-0.3, -0.25) is 0 Å². The van der Waals surface area contributed by atoms with Gasteiger partial charge in [0.25, 0.3) is 0 Å². The molecule has 100 valence electrons. The number of hydrogen-bond acceptors (Lipinski definition) is 4. The zero-order chi connectivity index (χ0) is 13.7. The Balaban J connectivity index is 2.76. The molecule has 0 aromatic heterocycles. The van der Waals surface area contributed by atoms with Gasteiger partial charge in [0, 0.05) is 6.54 Å². The minimum absolute atomic E-state index is 0.101. The molecule has 5 nitrogen and oxygen atoms in total. The number of halogens is 1. The molecule has 0 radical (unpaired) electrons. The van der Waals surface area contributed by atoms with E-state index in [1.165, 1.54) is 6.07 Å². The van der Waals surface area contributed by atoms with Crippen molar-refractivity contribution in [2.45, 2.75) is 20.0 Å². The lowest BCUT2D eigenvalue weighted by Crippen LogP contribution is -2.16. The fourth-order valence-electron chi connectivity index (χ4n) is 1.45. The first-order valence-electron chi connectivity index (χ1n) is 5.60. The van der Waals surface area contributed by atoms with Crippen LogP contribution in [-0.4, -0.2) is 30.3 Å². The quantitative estimate of drug-likeness (QED) is 0.535. The van der Waals surface area contributed by atoms with Crippen molar-refractivity contribution in [3.8, 4) is 0 Å². The molecule has 0 amide bonds. The molecule has 1 aromatic carbocycles. The molecule has 0 saturated carbocycles. The molecule has 0 unspecified atom stereocenters. The highest BCUT2D eigenvalue weighted by molar-refractivity contribution is 6.00. The molecule has 0 aliphatic rings. The normalized spacial score (nSPS) is 10.7. The highest BCUT2D eigenvalue weighted by Crippen LogP contribution is 2.24. The van der Waals surface area contributed by atoms with Crippen molar-refractivity contribution >= 4 is 17.3 Å². The van der Waals surface area contributed by atoms with Crippen molar-refractivity contribution in [2.75, 3.05) is 24.2 Å². The van der Waals surface area contributed by atoms with Crippen molar-refractivity contribution in [1.29, 1.82) is 0 Å². The maximum Gasteiger partial charge on any atom is 0.340 e. The van der Waals surface area contributed by atoms with E-state index in [0.717, 1.165) is 6.07 Å². The molecule has 0 aliphatic heterocycles. The van der Waals surface area contributed by atoms with Crippen LogP contribution in [0.3, 0.4) is 0 Å². The highest BCUT2D eigenvalue weighted by atomic mass is 19.1. The molecule has 6 heteroatoms. The summed E-state index contributed by atoms with van der Waals surface area (Å²) in [6.45, 7) is 4.65. The number of carboxylic acids is 1. The van der Waals surface area contributed by atoms with Crippen LogP contribution in [0.2, 0.25) is 0 Å². The van der Waals surface area contributed by atoms with Crippen molar-refractivity contribution in [1.82, 2.24) is 0 Å². The minimum atomic E-state index is -1.26. The molecule has 1 aromatic rings. The predicted molar refractivity (Wildman–Crippen MR) is 67.3 cm³/mol. The lowest BCUT2D eigenvalue weighted by atomic mass is 10.1. The Bertz CT molecular complexity index is 436. The predicted octanol–water partition coefficient (Wildman–Crippen LogP) is 1.94. The first-order chi connectivity index (χ1) is 8.43. The number of hydrogen-bond donors (Lipinski definition) is 3. The summed E-state index contributed by atoms with van der Waals surface area (Å²) in [6, 6.07) is 2.48. The standard InChI is InChI=1S/C12H17FN2O3/c1-7(2)18-6-5-15-9-4-3-8(13)11(14)10(9)12(16)17/h3-4,7,15H,5-6,14H2,1-2H3,(H,16,17). The Labute approximate surface area is 105 Å². The Morgan fingerprint density at radius 3 is 2.78 bits per heavy atom. The maximum absolute atomic E-state index is 13.2. The van der Waals surface area contributed by atoms with Crippen LogP contribution in [0.4, 0.5) is 15.8 Å². The summed E-state index contributed by atoms with van der Waals surface area (Å²) in [5.41, 5.74) is 5.08. The van der Waals surface area contributed by atoms with Crippen LogP contribution in [0, 0.1) is 5.82 Å². The summed E-state index contributed by atoms with van der Waals surface area (Å²) in [7, 11) is 0. The number of carbonyl (C=O) groups is 1. The molecule has 4 N–H and O–H groups in total. The number of nitrogens with two attached hydrogens (primary N) is 1. The number of nitrogens with one attached hydrogen (secondary N) is 1. The minimum Gasteiger partial charge on any atom is -0.478 e. The van der Waals surface area contributed by atoms with Gasteiger partial charge in [0.15, 0.2) is 0 Å². The Hall–Kier alpha value is -1.82. The summed E-state index contributed by atoms with van der Waals surface area (Å²) in [5, 5.41) is 11.9. The van der Waals surface area contributed by atoms with E-state index in [9.17, 15) is 9.18 Å². The zero-order valence-electron chi connectivity index (χ0n) is 10.4. The van der Waals surface area contributed by atoms with Gasteiger partial charge in [-0.2, -0.15) is 0 Å². The van der Waals surface area contributed by atoms with Crippen molar-refractivity contribution in [2.24, 2.45) is 0 Å². The summed E-state index contributed by atoms with van der Waals surface area (Å²) in [6.07, 6.45) is 0.101. The third-order valence-corrected chi connectivity index (χ3v) is 2.27. The fourth-order valence-corrected chi connectivity index (χ4v) is 1.45. The molecule has 0 aliphatic carbocycles. The van der Waals surface area contributed by atoms with Gasteiger partial charge < -0.3 is 20.9 Å². The number of rotatable bonds is 6. The number of aromatic carboxylic acids is 1. The molecular weight excluding hydrogens is 239 g/mol. The topological polar surface area (TPSA) is 84.6 Å². The van der Waals surface area contributed by atoms with Gasteiger partial charge in [0.2, 0.25) is 0 Å². The molecule has 0 heterocycles. The molecule has 0 bridgehead atoms. The molecular formula is C12H17FN2O3. The third-order valence-electron chi connectivity index (χ3n) is 2.27. The fraction of sp³-hybridized carbons (Fsp3) is 0.417. The summed E-state index contributed by atoms with van der Waals surface area (Å²) < 4.78 is 18.5. The van der Waals surface area contributed by atoms with Gasteiger partial charge in [0.05, 0.1) is 24.1 Å². The van der Waals surface area contributed by atoms with Crippen LogP contribution in [0.15, 0.2) is 12.1 Å². The lowest BCUT2D eigenvalue weighted by molar-refractivity contribution is 0.0697. The highest BCUT2D eigenvalue weighted by Gasteiger charge is 2.17. The van der Waals surface area contributed by atoms with Crippen molar-refractivity contribution in [3.63, 3.8) is 0 Å². The number of nitrogen functional groups attached to an aromatic ring is 1. The number of ether oxygens (including phenoxy) is 1. The average Bonchev–Trinajstić information content (AvgIpc) is 2.28. The van der Waals surface area contributed by atoms with E-state index in [2.05, 4.69) is 5.32 Å². The van der Waals surface area contributed by atoms with E-state index in [-0.39, 0.29) is 23.0 Å². The van der Waals surface area contributed by atoms with Gasteiger partial charge in [-0.1, -0.05) is 0 Å². The van der Waals surface area contributed by atoms with Crippen LogP contribution >= 0.6 is 0 Å². The third kappa shape index (κ3) is 3.59. The SMILES string of the molecule is CC(C)OCCNc1ccc(F)c(N)c1C(=O)O. The Morgan fingerprint density at radius 2 is 2.22 bits per heavy atom. The van der Waals surface area contributed by atoms with E-state index < -0.39 is 11.8 Å².